The molecule has 5 nitrogen and oxygen atoms in total. The monoisotopic (exact) mass is 441 g/mol. The molecule has 5 heteroatoms. The Morgan fingerprint density at radius 3 is 2.24 bits per heavy atom. The molecule has 33 heavy (non-hydrogen) atoms. The summed E-state index contributed by atoms with van der Waals surface area (Å²) in [7, 11) is 0. The molecule has 2 aromatic carbocycles. The van der Waals surface area contributed by atoms with E-state index in [0.29, 0.717) is 44.5 Å². The first-order chi connectivity index (χ1) is 16.0. The first-order valence-corrected chi connectivity index (χ1v) is 11.7. The molecular formula is C28H31N3O2. The quantitative estimate of drug-likeness (QED) is 0.605. The van der Waals surface area contributed by atoms with E-state index >= 15 is 0 Å². The summed E-state index contributed by atoms with van der Waals surface area (Å²) in [5.74, 6) is 0.0859. The van der Waals surface area contributed by atoms with Crippen molar-refractivity contribution < 1.29 is 9.59 Å². The Bertz CT molecular complexity index is 1120. The van der Waals surface area contributed by atoms with E-state index in [1.807, 2.05) is 24.0 Å². The van der Waals surface area contributed by atoms with Crippen molar-refractivity contribution in [2.45, 2.75) is 33.1 Å². The molecule has 0 unspecified atom stereocenters. The van der Waals surface area contributed by atoms with E-state index in [1.165, 1.54) is 22.3 Å². The lowest BCUT2D eigenvalue weighted by Gasteiger charge is -2.41. The molecule has 0 bridgehead atoms. The lowest BCUT2D eigenvalue weighted by Crippen LogP contribution is -2.51. The highest BCUT2D eigenvalue weighted by atomic mass is 16.2. The number of piperidine rings is 1. The fourth-order valence-corrected chi connectivity index (χ4v) is 4.82. The largest absolute Gasteiger partial charge is 0.356 e. The van der Waals surface area contributed by atoms with Crippen LogP contribution in [0.1, 0.15) is 41.3 Å². The summed E-state index contributed by atoms with van der Waals surface area (Å²) in [4.78, 5) is 32.2. The van der Waals surface area contributed by atoms with Crippen LogP contribution in [0.15, 0.2) is 73.1 Å². The molecule has 4 rings (SSSR count). The third-order valence-electron chi connectivity index (χ3n) is 6.74. The molecule has 2 heterocycles. The standard InChI is InChI=1S/C28H31N3O2/c1-3-30-27(33)28(14-18-31(19-15-28)26(32)22-12-16-29-17-13-22)20-23-9-5-7-11-25(23)24-10-6-4-8-21(24)2/h4-13,16-17H,3,14-15,18-20H2,1-2H3,(H,30,33). The smallest absolute Gasteiger partial charge is 0.253 e. The van der Waals surface area contributed by atoms with E-state index in [-0.39, 0.29) is 11.8 Å². The Balaban J connectivity index is 1.61. The van der Waals surface area contributed by atoms with E-state index in [4.69, 9.17) is 0 Å². The highest BCUT2D eigenvalue weighted by Crippen LogP contribution is 2.39. The number of aromatic nitrogens is 1. The molecule has 0 aliphatic carbocycles. The minimum Gasteiger partial charge on any atom is -0.356 e. The van der Waals surface area contributed by atoms with Crippen molar-refractivity contribution in [2.24, 2.45) is 5.41 Å². The highest BCUT2D eigenvalue weighted by Gasteiger charge is 2.42. The van der Waals surface area contributed by atoms with E-state index < -0.39 is 5.41 Å². The summed E-state index contributed by atoms with van der Waals surface area (Å²) in [6.07, 6.45) is 5.20. The Labute approximate surface area is 195 Å². The van der Waals surface area contributed by atoms with Crippen LogP contribution in [0.2, 0.25) is 0 Å². The number of likely N-dealkylation sites (tertiary alicyclic amines) is 1. The number of pyridine rings is 1. The molecule has 1 aliphatic heterocycles. The van der Waals surface area contributed by atoms with Crippen molar-refractivity contribution in [3.05, 3.63) is 89.7 Å². The summed E-state index contributed by atoms with van der Waals surface area (Å²) in [5.41, 5.74) is 4.87. The zero-order valence-corrected chi connectivity index (χ0v) is 19.4. The van der Waals surface area contributed by atoms with Gasteiger partial charge < -0.3 is 10.2 Å². The summed E-state index contributed by atoms with van der Waals surface area (Å²) in [6, 6.07) is 20.2. The zero-order valence-electron chi connectivity index (χ0n) is 19.4. The second-order valence-corrected chi connectivity index (χ2v) is 8.82. The number of amides is 2. The van der Waals surface area contributed by atoms with Crippen LogP contribution in [-0.4, -0.2) is 41.3 Å². The van der Waals surface area contributed by atoms with Crippen molar-refractivity contribution in [1.29, 1.82) is 0 Å². The predicted molar refractivity (Wildman–Crippen MR) is 131 cm³/mol. The van der Waals surface area contributed by atoms with Gasteiger partial charge in [-0.3, -0.25) is 14.6 Å². The third kappa shape index (κ3) is 4.82. The zero-order chi connectivity index (χ0) is 23.3. The SMILES string of the molecule is CCNC(=O)C1(Cc2ccccc2-c2ccccc2C)CCN(C(=O)c2ccncc2)CC1. The summed E-state index contributed by atoms with van der Waals surface area (Å²) in [5, 5.41) is 3.07. The van der Waals surface area contributed by atoms with Crippen molar-refractivity contribution in [2.75, 3.05) is 19.6 Å². The van der Waals surface area contributed by atoms with Crippen molar-refractivity contribution in [1.82, 2.24) is 15.2 Å². The molecule has 0 radical (unpaired) electrons. The summed E-state index contributed by atoms with van der Waals surface area (Å²) in [6.45, 7) is 5.79. The maximum Gasteiger partial charge on any atom is 0.253 e. The van der Waals surface area contributed by atoms with Crippen LogP contribution < -0.4 is 5.32 Å². The molecule has 0 saturated carbocycles. The number of nitrogens with zero attached hydrogens (tertiary/aromatic N) is 2. The molecule has 1 aliphatic rings. The van der Waals surface area contributed by atoms with Crippen LogP contribution in [0.5, 0.6) is 0 Å². The number of carbonyl (C=O) groups excluding carboxylic acids is 2. The topological polar surface area (TPSA) is 62.3 Å². The average molecular weight is 442 g/mol. The van der Waals surface area contributed by atoms with Gasteiger partial charge >= 0.3 is 0 Å². The predicted octanol–water partition coefficient (Wildman–Crippen LogP) is 4.66. The first-order valence-electron chi connectivity index (χ1n) is 11.7. The maximum atomic E-state index is 13.4. The normalized spacial score (nSPS) is 15.2. The fraction of sp³-hybridized carbons (Fsp3) is 0.321. The van der Waals surface area contributed by atoms with Gasteiger partial charge in [0.25, 0.3) is 5.91 Å². The summed E-state index contributed by atoms with van der Waals surface area (Å²) < 4.78 is 0. The Morgan fingerprint density at radius 1 is 0.939 bits per heavy atom. The molecule has 0 spiro atoms. The molecular weight excluding hydrogens is 410 g/mol. The van der Waals surface area contributed by atoms with Crippen LogP contribution in [-0.2, 0) is 11.2 Å². The van der Waals surface area contributed by atoms with Gasteiger partial charge in [-0.15, -0.1) is 0 Å². The van der Waals surface area contributed by atoms with Gasteiger partial charge in [-0.1, -0.05) is 48.5 Å². The van der Waals surface area contributed by atoms with Crippen molar-refractivity contribution >= 4 is 11.8 Å². The van der Waals surface area contributed by atoms with Crippen LogP contribution in [0.3, 0.4) is 0 Å². The Hall–Kier alpha value is -3.47. The number of nitrogens with one attached hydrogen (secondary N) is 1. The lowest BCUT2D eigenvalue weighted by molar-refractivity contribution is -0.133. The van der Waals surface area contributed by atoms with E-state index in [2.05, 4.69) is 53.6 Å². The van der Waals surface area contributed by atoms with E-state index in [0.717, 1.165) is 0 Å². The lowest BCUT2D eigenvalue weighted by atomic mass is 9.71. The molecule has 170 valence electrons. The second-order valence-electron chi connectivity index (χ2n) is 8.82. The molecule has 0 atom stereocenters. The number of carbonyl (C=O) groups is 2. The maximum absolute atomic E-state index is 13.4. The number of rotatable bonds is 6. The molecule has 1 fully saturated rings. The van der Waals surface area contributed by atoms with Gasteiger partial charge in [0.15, 0.2) is 0 Å². The Kier molecular flexibility index (Phi) is 6.87. The van der Waals surface area contributed by atoms with Gasteiger partial charge in [0.1, 0.15) is 0 Å². The van der Waals surface area contributed by atoms with Crippen LogP contribution in [0.25, 0.3) is 11.1 Å². The van der Waals surface area contributed by atoms with Gasteiger partial charge in [-0.2, -0.15) is 0 Å². The number of benzene rings is 2. The second kappa shape index (κ2) is 9.99. The van der Waals surface area contributed by atoms with E-state index in [9.17, 15) is 9.59 Å². The van der Waals surface area contributed by atoms with Gasteiger partial charge in [0, 0.05) is 37.6 Å². The van der Waals surface area contributed by atoms with Crippen molar-refractivity contribution in [3.8, 4) is 11.1 Å². The van der Waals surface area contributed by atoms with E-state index in [1.54, 1.807) is 24.5 Å². The fourth-order valence-electron chi connectivity index (χ4n) is 4.82. The number of aryl methyl sites for hydroxylation is 1. The number of hydrogen-bond donors (Lipinski definition) is 1. The van der Waals surface area contributed by atoms with Gasteiger partial charge in [0.05, 0.1) is 5.41 Å². The molecule has 3 aromatic rings. The number of hydrogen-bond acceptors (Lipinski definition) is 3. The van der Waals surface area contributed by atoms with Crippen molar-refractivity contribution in [3.63, 3.8) is 0 Å². The Morgan fingerprint density at radius 2 is 1.58 bits per heavy atom. The first kappa shape index (κ1) is 22.7. The van der Waals surface area contributed by atoms with Gasteiger partial charge in [0.2, 0.25) is 5.91 Å². The molecule has 1 aromatic heterocycles. The molecule has 1 N–H and O–H groups in total. The van der Waals surface area contributed by atoms with Crippen LogP contribution in [0.4, 0.5) is 0 Å². The molecule has 1 saturated heterocycles. The minimum atomic E-state index is -0.538. The van der Waals surface area contributed by atoms with Crippen LogP contribution in [0, 0.1) is 12.3 Å². The minimum absolute atomic E-state index is 0.00205. The van der Waals surface area contributed by atoms with Gasteiger partial charge in [-0.05, 0) is 67.5 Å². The molecule has 2 amide bonds. The summed E-state index contributed by atoms with van der Waals surface area (Å²) >= 11 is 0. The third-order valence-corrected chi connectivity index (χ3v) is 6.74. The highest BCUT2D eigenvalue weighted by molar-refractivity contribution is 5.94. The van der Waals surface area contributed by atoms with Gasteiger partial charge in [-0.25, -0.2) is 0 Å². The average Bonchev–Trinajstić information content (AvgIpc) is 2.85. The van der Waals surface area contributed by atoms with Crippen LogP contribution >= 0.6 is 0 Å².